The Kier molecular flexibility index (Phi) is 5.82. The van der Waals surface area contributed by atoms with E-state index >= 15 is 0 Å². The average Bonchev–Trinajstić information content (AvgIpc) is 2.77. The van der Waals surface area contributed by atoms with Crippen LogP contribution in [0.5, 0.6) is 0 Å². The molecule has 31 heavy (non-hydrogen) atoms. The number of benzene rings is 1. The van der Waals surface area contributed by atoms with Crippen LogP contribution in [0.2, 0.25) is 0 Å². The molecular weight excluding hydrogens is 400 g/mol. The molecule has 0 saturated heterocycles. The highest BCUT2D eigenvalue weighted by molar-refractivity contribution is 5.91. The first-order valence-electron chi connectivity index (χ1n) is 10.2. The van der Waals surface area contributed by atoms with E-state index in [4.69, 9.17) is 0 Å². The number of likely N-dealkylation sites (N-methyl/N-ethyl adjacent to an activating group) is 1. The number of hydrogen-bond donors (Lipinski definition) is 1. The van der Waals surface area contributed by atoms with Crippen molar-refractivity contribution in [3.05, 3.63) is 69.6 Å². The van der Waals surface area contributed by atoms with Gasteiger partial charge in [0, 0.05) is 36.7 Å². The van der Waals surface area contributed by atoms with Gasteiger partial charge >= 0.3 is 0 Å². The van der Waals surface area contributed by atoms with Crippen LogP contribution in [0, 0.1) is 0 Å². The molecule has 0 saturated carbocycles. The summed E-state index contributed by atoms with van der Waals surface area (Å²) in [7, 11) is 3.78. The van der Waals surface area contributed by atoms with E-state index in [1.807, 2.05) is 20.0 Å². The van der Waals surface area contributed by atoms with Crippen molar-refractivity contribution in [3.63, 3.8) is 0 Å². The molecule has 1 N–H and O–H groups in total. The third kappa shape index (κ3) is 4.20. The van der Waals surface area contributed by atoms with Crippen molar-refractivity contribution in [2.45, 2.75) is 25.8 Å². The molecule has 3 heterocycles. The maximum Gasteiger partial charge on any atom is 0.263 e. The monoisotopic (exact) mass is 425 g/mol. The second-order valence-corrected chi connectivity index (χ2v) is 7.99. The van der Waals surface area contributed by atoms with Gasteiger partial charge in [-0.2, -0.15) is 5.10 Å². The van der Waals surface area contributed by atoms with Gasteiger partial charge in [0.05, 0.1) is 17.8 Å². The number of aryl methyl sites for hydroxylation is 1. The molecule has 0 spiro atoms. The minimum absolute atomic E-state index is 0.0194. The predicted octanol–water partition coefficient (Wildman–Crippen LogP) is 4.16. The van der Waals surface area contributed by atoms with Crippen LogP contribution in [0.4, 0.5) is 14.6 Å². The van der Waals surface area contributed by atoms with Crippen molar-refractivity contribution < 1.29 is 8.78 Å². The number of halogens is 2. The van der Waals surface area contributed by atoms with Gasteiger partial charge in [-0.15, -0.1) is 5.10 Å². The van der Waals surface area contributed by atoms with Gasteiger partial charge in [-0.25, -0.2) is 8.78 Å². The first-order valence-corrected chi connectivity index (χ1v) is 10.2. The Balaban J connectivity index is 1.75. The van der Waals surface area contributed by atoms with Gasteiger partial charge in [0.1, 0.15) is 0 Å². The third-order valence-corrected chi connectivity index (χ3v) is 5.83. The summed E-state index contributed by atoms with van der Waals surface area (Å²) in [5.74, 6) is 0.512. The van der Waals surface area contributed by atoms with Crippen LogP contribution in [0.1, 0.15) is 42.5 Å². The fraction of sp³-hybridized carbons (Fsp3) is 0.348. The Labute approximate surface area is 179 Å². The molecule has 0 radical (unpaired) electrons. The lowest BCUT2D eigenvalue weighted by Crippen LogP contribution is -2.27. The molecule has 0 bridgehead atoms. The SMILES string of the molecule is C[C@@H](Nc1nncc2c1cc(C1=CCN(C)CC1)c(=O)n2C)c1cccc(C(F)F)c1. The number of anilines is 1. The molecule has 0 fully saturated rings. The zero-order valence-corrected chi connectivity index (χ0v) is 17.8. The number of pyridine rings is 1. The molecule has 4 rings (SSSR count). The minimum atomic E-state index is -2.52. The van der Waals surface area contributed by atoms with E-state index in [-0.39, 0.29) is 17.2 Å². The molecule has 2 aromatic heterocycles. The largest absolute Gasteiger partial charge is 0.361 e. The van der Waals surface area contributed by atoms with Gasteiger partial charge in [0.2, 0.25) is 0 Å². The molecule has 1 aromatic carbocycles. The van der Waals surface area contributed by atoms with Crippen molar-refractivity contribution >= 4 is 22.3 Å². The minimum Gasteiger partial charge on any atom is -0.361 e. The standard InChI is InChI=1S/C23H25F2N5O/c1-14(16-5-4-6-17(11-16)21(24)25)27-22-19-12-18(15-7-9-29(2)10-8-15)23(31)30(3)20(19)13-26-28-22/h4-7,11-14,21H,8-10H2,1-3H3,(H,27,28)/t14-/m1/s1. The van der Waals surface area contributed by atoms with Gasteiger partial charge in [-0.05, 0) is 43.7 Å². The zero-order valence-electron chi connectivity index (χ0n) is 17.8. The quantitative estimate of drug-likeness (QED) is 0.665. The average molecular weight is 425 g/mol. The highest BCUT2D eigenvalue weighted by atomic mass is 19.3. The number of nitrogens with one attached hydrogen (secondary N) is 1. The predicted molar refractivity (Wildman–Crippen MR) is 118 cm³/mol. The zero-order chi connectivity index (χ0) is 22.1. The summed E-state index contributed by atoms with van der Waals surface area (Å²) in [5, 5.41) is 12.3. The van der Waals surface area contributed by atoms with Gasteiger partial charge < -0.3 is 14.8 Å². The summed E-state index contributed by atoms with van der Waals surface area (Å²) in [6.07, 6.45) is 1.93. The molecule has 162 valence electrons. The Hall–Kier alpha value is -3.13. The summed E-state index contributed by atoms with van der Waals surface area (Å²) in [6, 6.07) is 7.92. The first kappa shape index (κ1) is 21.1. The maximum atomic E-state index is 13.1. The molecule has 6 nitrogen and oxygen atoms in total. The highest BCUT2D eigenvalue weighted by Crippen LogP contribution is 2.29. The number of hydrogen-bond acceptors (Lipinski definition) is 5. The van der Waals surface area contributed by atoms with Crippen LogP contribution >= 0.6 is 0 Å². The number of nitrogens with zero attached hydrogens (tertiary/aromatic N) is 4. The van der Waals surface area contributed by atoms with E-state index in [0.29, 0.717) is 16.9 Å². The molecule has 1 aliphatic rings. The lowest BCUT2D eigenvalue weighted by atomic mass is 9.99. The number of alkyl halides is 2. The summed E-state index contributed by atoms with van der Waals surface area (Å²) >= 11 is 0. The van der Waals surface area contributed by atoms with Crippen molar-refractivity contribution in [1.29, 1.82) is 0 Å². The van der Waals surface area contributed by atoms with E-state index in [9.17, 15) is 13.6 Å². The Morgan fingerprint density at radius 1 is 1.16 bits per heavy atom. The summed E-state index contributed by atoms with van der Waals surface area (Å²) in [4.78, 5) is 15.2. The van der Waals surface area contributed by atoms with Crippen LogP contribution in [0.25, 0.3) is 16.5 Å². The molecule has 0 amide bonds. The molecular formula is C23H25F2N5O. The second-order valence-electron chi connectivity index (χ2n) is 7.99. The lowest BCUT2D eigenvalue weighted by molar-refractivity contribution is 0.151. The van der Waals surface area contributed by atoms with E-state index < -0.39 is 6.43 Å². The molecule has 1 aliphatic heterocycles. The van der Waals surface area contributed by atoms with Gasteiger partial charge in [0.15, 0.2) is 5.82 Å². The fourth-order valence-electron chi connectivity index (χ4n) is 3.90. The van der Waals surface area contributed by atoms with Crippen LogP contribution in [-0.2, 0) is 7.05 Å². The first-order chi connectivity index (χ1) is 14.8. The summed E-state index contributed by atoms with van der Waals surface area (Å²) < 4.78 is 27.8. The summed E-state index contributed by atoms with van der Waals surface area (Å²) in [6.45, 7) is 3.57. The van der Waals surface area contributed by atoms with Crippen LogP contribution < -0.4 is 10.9 Å². The van der Waals surface area contributed by atoms with E-state index in [1.54, 1.807) is 29.9 Å². The molecule has 1 atom stereocenters. The van der Waals surface area contributed by atoms with Crippen molar-refractivity contribution in [2.75, 3.05) is 25.5 Å². The smallest absolute Gasteiger partial charge is 0.263 e. The molecule has 8 heteroatoms. The van der Waals surface area contributed by atoms with Crippen molar-refractivity contribution in [2.24, 2.45) is 7.05 Å². The topological polar surface area (TPSA) is 63.1 Å². The number of rotatable bonds is 5. The van der Waals surface area contributed by atoms with Crippen molar-refractivity contribution in [1.82, 2.24) is 19.7 Å². The third-order valence-electron chi connectivity index (χ3n) is 5.83. The number of fused-ring (bicyclic) bond motifs is 1. The lowest BCUT2D eigenvalue weighted by Gasteiger charge is -2.22. The van der Waals surface area contributed by atoms with Gasteiger partial charge in [0.25, 0.3) is 12.0 Å². The van der Waals surface area contributed by atoms with E-state index in [1.165, 1.54) is 12.1 Å². The van der Waals surface area contributed by atoms with E-state index in [2.05, 4.69) is 26.5 Å². The van der Waals surface area contributed by atoms with Crippen molar-refractivity contribution in [3.8, 4) is 0 Å². The van der Waals surface area contributed by atoms with E-state index in [0.717, 1.165) is 36.0 Å². The van der Waals surface area contributed by atoms with Gasteiger partial charge in [-0.1, -0.05) is 24.3 Å². The maximum absolute atomic E-state index is 13.1. The Morgan fingerprint density at radius 2 is 1.94 bits per heavy atom. The molecule has 0 unspecified atom stereocenters. The Morgan fingerprint density at radius 3 is 2.65 bits per heavy atom. The fourth-order valence-corrected chi connectivity index (χ4v) is 3.90. The molecule has 3 aromatic rings. The normalized spacial score (nSPS) is 15.9. The number of aromatic nitrogens is 3. The molecule has 0 aliphatic carbocycles. The van der Waals surface area contributed by atoms with Crippen LogP contribution in [-0.4, -0.2) is 39.8 Å². The van der Waals surface area contributed by atoms with Gasteiger partial charge in [-0.3, -0.25) is 4.79 Å². The highest BCUT2D eigenvalue weighted by Gasteiger charge is 2.18. The Bertz CT molecular complexity index is 1200. The van der Waals surface area contributed by atoms with Crippen LogP contribution in [0.3, 0.4) is 0 Å². The summed E-state index contributed by atoms with van der Waals surface area (Å²) in [5.41, 5.74) is 2.98. The van der Waals surface area contributed by atoms with Crippen LogP contribution in [0.15, 0.2) is 47.4 Å². The second kappa shape index (κ2) is 8.55.